The van der Waals surface area contributed by atoms with E-state index >= 15 is 0 Å². The monoisotopic (exact) mass is 622 g/mol. The summed E-state index contributed by atoms with van der Waals surface area (Å²) in [6, 6.07) is 6.44. The van der Waals surface area contributed by atoms with Gasteiger partial charge in [-0.3, -0.25) is 4.68 Å². The molecule has 36 heavy (non-hydrogen) atoms. The van der Waals surface area contributed by atoms with Crippen LogP contribution < -0.4 is 11.5 Å². The number of nitrogen functional groups attached to an aromatic ring is 2. The molecule has 194 valence electrons. The largest absolute Gasteiger partial charge is 0.465 e. The molecule has 0 unspecified atom stereocenters. The van der Waals surface area contributed by atoms with Crippen molar-refractivity contribution in [3.8, 4) is 11.3 Å². The predicted octanol–water partition coefficient (Wildman–Crippen LogP) is 5.47. The van der Waals surface area contributed by atoms with Gasteiger partial charge >= 0.3 is 11.9 Å². The van der Waals surface area contributed by atoms with Crippen LogP contribution in [0.3, 0.4) is 0 Å². The lowest BCUT2D eigenvalue weighted by Crippen LogP contribution is -2.09. The number of methoxy groups -OCH3 is 2. The Bertz CT molecular complexity index is 1250. The molecule has 1 heterocycles. The van der Waals surface area contributed by atoms with Crippen LogP contribution in [0.4, 0.5) is 28.9 Å². The second-order valence-electron chi connectivity index (χ2n) is 7.10. The van der Waals surface area contributed by atoms with E-state index in [2.05, 4.69) is 14.6 Å². The van der Waals surface area contributed by atoms with Gasteiger partial charge < -0.3 is 20.9 Å². The van der Waals surface area contributed by atoms with E-state index in [0.717, 1.165) is 12.1 Å². The van der Waals surface area contributed by atoms with Crippen molar-refractivity contribution in [3.05, 3.63) is 62.4 Å². The summed E-state index contributed by atoms with van der Waals surface area (Å²) < 4.78 is 62.3. The third kappa shape index (κ3) is 6.44. The number of ether oxygens (including phenoxy) is 2. The number of hydrogen-bond acceptors (Lipinski definition) is 7. The lowest BCUT2D eigenvalue weighted by molar-refractivity contribution is 0.0592. The summed E-state index contributed by atoms with van der Waals surface area (Å²) in [6.45, 7) is 2.36. The molecule has 0 bridgehead atoms. The van der Waals surface area contributed by atoms with Crippen LogP contribution in [0, 0.1) is 3.57 Å². The van der Waals surface area contributed by atoms with E-state index in [1.54, 1.807) is 33.3 Å². The van der Waals surface area contributed by atoms with Crippen molar-refractivity contribution in [1.82, 2.24) is 9.78 Å². The number of esters is 2. The van der Waals surface area contributed by atoms with Crippen molar-refractivity contribution in [3.63, 3.8) is 0 Å². The predicted molar refractivity (Wildman–Crippen MR) is 134 cm³/mol. The molecule has 1 aromatic heterocycles. The zero-order valence-electron chi connectivity index (χ0n) is 19.4. The normalized spacial score (nSPS) is 10.7. The van der Waals surface area contributed by atoms with Crippen LogP contribution in [-0.4, -0.2) is 35.9 Å². The van der Waals surface area contributed by atoms with E-state index in [4.69, 9.17) is 11.5 Å². The number of nitrogens with two attached hydrogens (primary N) is 2. The van der Waals surface area contributed by atoms with Crippen molar-refractivity contribution in [2.24, 2.45) is 0 Å². The van der Waals surface area contributed by atoms with Crippen LogP contribution in [0.5, 0.6) is 0 Å². The van der Waals surface area contributed by atoms with E-state index in [9.17, 15) is 27.2 Å². The highest BCUT2D eigenvalue weighted by Gasteiger charge is 2.22. The molecule has 0 aliphatic heterocycles. The summed E-state index contributed by atoms with van der Waals surface area (Å²) in [4.78, 5) is 22.9. The molecule has 0 spiro atoms. The van der Waals surface area contributed by atoms with Crippen molar-refractivity contribution >= 4 is 45.9 Å². The maximum absolute atomic E-state index is 13.2. The van der Waals surface area contributed by atoms with Gasteiger partial charge in [-0.05, 0) is 59.8 Å². The summed E-state index contributed by atoms with van der Waals surface area (Å²) in [5.41, 5.74) is 11.6. The smallest absolute Gasteiger partial charge is 0.339 e. The number of rotatable bonds is 6. The summed E-state index contributed by atoms with van der Waals surface area (Å²) in [5, 5.41) is 4.05. The molecule has 2 aromatic carbocycles. The number of hydrogen-bond donors (Lipinski definition) is 2. The molecule has 0 aliphatic rings. The fourth-order valence-corrected chi connectivity index (χ4v) is 3.90. The zero-order valence-corrected chi connectivity index (χ0v) is 21.6. The molecular formula is C23H23F4IN4O4. The van der Waals surface area contributed by atoms with Gasteiger partial charge in [0.25, 0.3) is 12.9 Å². The van der Waals surface area contributed by atoms with Crippen LogP contribution in [0.1, 0.15) is 51.6 Å². The highest BCUT2D eigenvalue weighted by molar-refractivity contribution is 14.1. The molecule has 0 saturated carbocycles. The van der Waals surface area contributed by atoms with Gasteiger partial charge in [0.05, 0.1) is 31.0 Å². The molecule has 3 aromatic rings. The molecule has 8 nitrogen and oxygen atoms in total. The first-order chi connectivity index (χ1) is 17.0. The van der Waals surface area contributed by atoms with Crippen molar-refractivity contribution in [2.75, 3.05) is 25.7 Å². The maximum atomic E-state index is 13.2. The van der Waals surface area contributed by atoms with Crippen LogP contribution in [0.15, 0.2) is 36.5 Å². The molecule has 13 heteroatoms. The van der Waals surface area contributed by atoms with Gasteiger partial charge in [-0.15, -0.1) is 0 Å². The lowest BCUT2D eigenvalue weighted by atomic mass is 9.99. The van der Waals surface area contributed by atoms with Gasteiger partial charge in [-0.1, -0.05) is 0 Å². The summed E-state index contributed by atoms with van der Waals surface area (Å²) >= 11 is 1.72. The average molecular weight is 622 g/mol. The number of alkyl halides is 4. The maximum Gasteiger partial charge on any atom is 0.339 e. The molecule has 0 fully saturated rings. The van der Waals surface area contributed by atoms with Crippen molar-refractivity contribution in [1.29, 1.82) is 0 Å². The fraction of sp³-hybridized carbons (Fsp3) is 0.261. The summed E-state index contributed by atoms with van der Waals surface area (Å²) in [7, 11) is 2.41. The van der Waals surface area contributed by atoms with E-state index in [1.165, 1.54) is 32.5 Å². The molecular weight excluding hydrogens is 599 g/mol. The molecule has 0 aliphatic carbocycles. The number of nitrogens with zero attached hydrogens (tertiary/aromatic N) is 2. The van der Waals surface area contributed by atoms with E-state index in [0.29, 0.717) is 12.2 Å². The summed E-state index contributed by atoms with van der Waals surface area (Å²) in [5.74, 6) is -1.30. The first-order valence-electron chi connectivity index (χ1n) is 10.2. The van der Waals surface area contributed by atoms with E-state index in [1.807, 2.05) is 6.92 Å². The zero-order chi connectivity index (χ0) is 27.2. The lowest BCUT2D eigenvalue weighted by Gasteiger charge is -2.14. The van der Waals surface area contributed by atoms with Crippen molar-refractivity contribution < 1.29 is 36.6 Å². The summed E-state index contributed by atoms with van der Waals surface area (Å²) in [6.07, 6.45) is -3.80. The third-order valence-corrected chi connectivity index (χ3v) is 5.90. The van der Waals surface area contributed by atoms with Gasteiger partial charge in [0.2, 0.25) is 0 Å². The first kappa shape index (κ1) is 28.9. The number of benzene rings is 2. The van der Waals surface area contributed by atoms with Gasteiger partial charge in [0.15, 0.2) is 0 Å². The van der Waals surface area contributed by atoms with Crippen LogP contribution in [0.25, 0.3) is 11.3 Å². The Labute approximate surface area is 217 Å². The first-order valence-corrected chi connectivity index (χ1v) is 11.3. The molecule has 0 radical (unpaired) electrons. The SMILES string of the molecule is CCn1nccc1-c1cc(C(=O)OC)c(N)cc1C(F)F.COC(=O)c1cc(I)c(C(F)F)cc1N. The van der Waals surface area contributed by atoms with Gasteiger partial charge in [-0.2, -0.15) is 5.10 Å². The number of aromatic nitrogens is 2. The Morgan fingerprint density at radius 3 is 1.92 bits per heavy atom. The molecule has 0 atom stereocenters. The van der Waals surface area contributed by atoms with E-state index in [-0.39, 0.29) is 42.8 Å². The fourth-order valence-electron chi connectivity index (χ4n) is 3.20. The standard InChI is InChI=1S/C14H15F2N3O2.C9H8F2INO2/c1-3-19-12(4-5-18-19)8-6-10(14(20)21-2)11(17)7-9(8)13(15)16;1-15-9(14)5-2-6(12)4(8(10)11)3-7(5)13/h4-7,13H,3,17H2,1-2H3;2-3,8H,13H2,1H3. The number of halogens is 5. The highest BCUT2D eigenvalue weighted by atomic mass is 127. The molecule has 0 saturated heterocycles. The molecule has 0 amide bonds. The van der Waals surface area contributed by atoms with Gasteiger partial charge in [0.1, 0.15) is 0 Å². The third-order valence-electron chi connectivity index (χ3n) is 4.96. The molecule has 4 N–H and O–H groups in total. The van der Waals surface area contributed by atoms with Gasteiger partial charge in [0, 0.05) is 44.4 Å². The van der Waals surface area contributed by atoms with Crippen molar-refractivity contribution in [2.45, 2.75) is 26.3 Å². The number of carbonyl (C=O) groups excluding carboxylic acids is 2. The average Bonchev–Trinajstić information content (AvgIpc) is 3.33. The minimum Gasteiger partial charge on any atom is -0.465 e. The Balaban J connectivity index is 0.000000269. The van der Waals surface area contributed by atoms with E-state index < -0.39 is 24.8 Å². The second kappa shape index (κ2) is 12.6. The second-order valence-corrected chi connectivity index (χ2v) is 8.27. The highest BCUT2D eigenvalue weighted by Crippen LogP contribution is 2.35. The number of aryl methyl sites for hydroxylation is 1. The molecule has 3 rings (SSSR count). The Morgan fingerprint density at radius 2 is 1.44 bits per heavy atom. The Morgan fingerprint density at radius 1 is 0.944 bits per heavy atom. The minimum atomic E-state index is -2.71. The van der Waals surface area contributed by atoms with Crippen LogP contribution in [-0.2, 0) is 16.0 Å². The van der Waals surface area contributed by atoms with Crippen LogP contribution in [0.2, 0.25) is 0 Å². The van der Waals surface area contributed by atoms with Crippen LogP contribution >= 0.6 is 22.6 Å². The number of anilines is 2. The Kier molecular flexibility index (Phi) is 10.1. The Hall–Kier alpha value is -3.36. The quantitative estimate of drug-likeness (QED) is 0.162. The van der Waals surface area contributed by atoms with Gasteiger partial charge in [-0.25, -0.2) is 27.2 Å². The minimum absolute atomic E-state index is 0.00225. The number of carbonyl (C=O) groups is 2. The topological polar surface area (TPSA) is 122 Å².